The fraction of sp³-hybridized carbons (Fsp3) is 0.500. The average molecular weight is 536 g/mol. The number of carbonyl (C=O) groups excluding carboxylic acids is 3. The van der Waals surface area contributed by atoms with Crippen molar-refractivity contribution in [1.29, 1.82) is 0 Å². The Bertz CT molecular complexity index is 1090. The summed E-state index contributed by atoms with van der Waals surface area (Å²) in [6.07, 6.45) is 5.28. The molecule has 6 N–H and O–H groups in total. The van der Waals surface area contributed by atoms with Gasteiger partial charge in [-0.3, -0.25) is 14.4 Å². The number of aromatic amines is 1. The molecular weight excluding hydrogens is 502 g/mol. The molecule has 1 aliphatic heterocycles. The van der Waals surface area contributed by atoms with Gasteiger partial charge in [-0.05, 0) is 49.3 Å². The zero-order chi connectivity index (χ0) is 26.2. The highest BCUT2D eigenvalue weighted by Crippen LogP contribution is 2.20. The number of hydrogen-bond donors (Lipinski definition) is 6. The normalized spacial score (nSPS) is 18.0. The SMILES string of the molecule is CSCCC(NC(=O)C(CS)NC(=O)C(N)Cc1c[nH]c2ccccc12)C(=O)N1CCCC1C(=O)O. The number of carbonyl (C=O) groups is 4. The number of nitrogens with one attached hydrogen (secondary N) is 3. The molecule has 1 aromatic carbocycles. The first-order valence-corrected chi connectivity index (χ1v) is 13.8. The molecule has 2 heterocycles. The van der Waals surface area contributed by atoms with Gasteiger partial charge in [-0.25, -0.2) is 4.79 Å². The lowest BCUT2D eigenvalue weighted by Gasteiger charge is -2.28. The second-order valence-corrected chi connectivity index (χ2v) is 10.1. The highest BCUT2D eigenvalue weighted by molar-refractivity contribution is 7.98. The molecule has 2 aromatic rings. The van der Waals surface area contributed by atoms with Gasteiger partial charge in [0.2, 0.25) is 17.7 Å². The van der Waals surface area contributed by atoms with E-state index < -0.39 is 47.9 Å². The van der Waals surface area contributed by atoms with E-state index in [1.165, 1.54) is 16.7 Å². The predicted molar refractivity (Wildman–Crippen MR) is 143 cm³/mol. The van der Waals surface area contributed by atoms with Gasteiger partial charge in [0.25, 0.3) is 0 Å². The summed E-state index contributed by atoms with van der Waals surface area (Å²) in [5.41, 5.74) is 7.97. The summed E-state index contributed by atoms with van der Waals surface area (Å²) in [6, 6.07) is 3.99. The number of carboxylic acids is 1. The molecule has 10 nitrogen and oxygen atoms in total. The Morgan fingerprint density at radius 1 is 1.22 bits per heavy atom. The monoisotopic (exact) mass is 535 g/mol. The van der Waals surface area contributed by atoms with Crippen molar-refractivity contribution in [2.45, 2.75) is 49.9 Å². The average Bonchev–Trinajstić information content (AvgIpc) is 3.52. The number of aromatic nitrogens is 1. The Kier molecular flexibility index (Phi) is 10.1. The zero-order valence-corrected chi connectivity index (χ0v) is 21.8. The molecule has 196 valence electrons. The van der Waals surface area contributed by atoms with Crippen molar-refractivity contribution in [2.24, 2.45) is 5.73 Å². The minimum Gasteiger partial charge on any atom is -0.480 e. The first kappa shape index (κ1) is 27.9. The Morgan fingerprint density at radius 3 is 2.64 bits per heavy atom. The van der Waals surface area contributed by atoms with Gasteiger partial charge < -0.3 is 31.4 Å². The van der Waals surface area contributed by atoms with E-state index in [-0.39, 0.29) is 12.2 Å². The lowest BCUT2D eigenvalue weighted by Crippen LogP contribution is -2.58. The van der Waals surface area contributed by atoms with Crippen molar-refractivity contribution in [3.8, 4) is 0 Å². The number of carboxylic acid groups (broad SMARTS) is 1. The van der Waals surface area contributed by atoms with E-state index in [0.29, 0.717) is 31.6 Å². The molecule has 3 amide bonds. The molecule has 1 fully saturated rings. The smallest absolute Gasteiger partial charge is 0.326 e. The molecule has 0 aliphatic carbocycles. The number of thioether (sulfide) groups is 1. The molecule has 1 saturated heterocycles. The number of thiol groups is 1. The molecule has 0 bridgehead atoms. The van der Waals surface area contributed by atoms with Crippen LogP contribution in [0.1, 0.15) is 24.8 Å². The number of H-pyrrole nitrogens is 1. The van der Waals surface area contributed by atoms with Crippen molar-refractivity contribution < 1.29 is 24.3 Å². The topological polar surface area (TPSA) is 158 Å². The van der Waals surface area contributed by atoms with Gasteiger partial charge in [0, 0.05) is 29.4 Å². The van der Waals surface area contributed by atoms with Crippen LogP contribution in [-0.2, 0) is 25.6 Å². The molecule has 0 radical (unpaired) electrons. The summed E-state index contributed by atoms with van der Waals surface area (Å²) in [7, 11) is 0. The third-order valence-corrected chi connectivity index (χ3v) is 7.32. The van der Waals surface area contributed by atoms with Crippen molar-refractivity contribution in [3.05, 3.63) is 36.0 Å². The molecule has 4 atom stereocenters. The Balaban J connectivity index is 1.63. The zero-order valence-electron chi connectivity index (χ0n) is 20.1. The van der Waals surface area contributed by atoms with Crippen LogP contribution in [0, 0.1) is 0 Å². The number of likely N-dealkylation sites (tertiary alicyclic amines) is 1. The number of para-hydroxylation sites is 1. The van der Waals surface area contributed by atoms with Crippen molar-refractivity contribution in [3.63, 3.8) is 0 Å². The van der Waals surface area contributed by atoms with Gasteiger partial charge in [0.15, 0.2) is 0 Å². The number of benzene rings is 1. The van der Waals surface area contributed by atoms with Gasteiger partial charge in [-0.1, -0.05) is 18.2 Å². The Morgan fingerprint density at radius 2 is 1.94 bits per heavy atom. The van der Waals surface area contributed by atoms with Crippen LogP contribution in [-0.4, -0.2) is 87.2 Å². The van der Waals surface area contributed by atoms with Gasteiger partial charge in [-0.15, -0.1) is 0 Å². The molecule has 0 saturated carbocycles. The van der Waals surface area contributed by atoms with E-state index in [9.17, 15) is 24.3 Å². The first-order valence-electron chi connectivity index (χ1n) is 11.8. The summed E-state index contributed by atoms with van der Waals surface area (Å²) in [5.74, 6) is -1.96. The third-order valence-electron chi connectivity index (χ3n) is 6.31. The van der Waals surface area contributed by atoms with Crippen LogP contribution < -0.4 is 16.4 Å². The first-order chi connectivity index (χ1) is 17.3. The Hall–Kier alpha value is -2.70. The maximum absolute atomic E-state index is 13.1. The van der Waals surface area contributed by atoms with E-state index in [0.717, 1.165) is 16.5 Å². The predicted octanol–water partition coefficient (Wildman–Crippen LogP) is 0.766. The number of nitrogens with zero attached hydrogens (tertiary/aromatic N) is 1. The van der Waals surface area contributed by atoms with E-state index in [2.05, 4.69) is 28.2 Å². The Labute approximate surface area is 219 Å². The van der Waals surface area contributed by atoms with Gasteiger partial charge in [0.1, 0.15) is 18.1 Å². The molecule has 1 aliphatic rings. The maximum Gasteiger partial charge on any atom is 0.326 e. The number of aliphatic carboxylic acids is 1. The van der Waals surface area contributed by atoms with Crippen LogP contribution in [0.25, 0.3) is 10.9 Å². The minimum atomic E-state index is -1.06. The summed E-state index contributed by atoms with van der Waals surface area (Å²) < 4.78 is 0. The van der Waals surface area contributed by atoms with Crippen LogP contribution >= 0.6 is 24.4 Å². The maximum atomic E-state index is 13.1. The third kappa shape index (κ3) is 6.74. The summed E-state index contributed by atoms with van der Waals surface area (Å²) >= 11 is 5.72. The largest absolute Gasteiger partial charge is 0.480 e. The van der Waals surface area contributed by atoms with E-state index in [4.69, 9.17) is 5.73 Å². The van der Waals surface area contributed by atoms with Crippen LogP contribution in [0.4, 0.5) is 0 Å². The highest BCUT2D eigenvalue weighted by Gasteiger charge is 2.38. The summed E-state index contributed by atoms with van der Waals surface area (Å²) in [4.78, 5) is 55.0. The number of amides is 3. The number of nitrogens with two attached hydrogens (primary N) is 1. The quantitative estimate of drug-likeness (QED) is 0.219. The van der Waals surface area contributed by atoms with E-state index >= 15 is 0 Å². The second-order valence-electron chi connectivity index (χ2n) is 8.78. The van der Waals surface area contributed by atoms with E-state index in [1.54, 1.807) is 0 Å². The molecule has 36 heavy (non-hydrogen) atoms. The standard InChI is InChI=1S/C24H33N5O5S2/c1-36-10-8-18(23(32)29-9-4-7-20(29)24(33)34)27-22(31)19(13-35)28-21(30)16(25)11-14-12-26-17-6-3-2-5-15(14)17/h2-3,5-6,12,16,18-20,26,35H,4,7-11,13,25H2,1H3,(H,27,31)(H,28,30)(H,33,34). The van der Waals surface area contributed by atoms with Crippen molar-refractivity contribution >= 4 is 59.0 Å². The highest BCUT2D eigenvalue weighted by atomic mass is 32.2. The number of rotatable bonds is 12. The van der Waals surface area contributed by atoms with Crippen LogP contribution in [0.2, 0.25) is 0 Å². The lowest BCUT2D eigenvalue weighted by atomic mass is 10.0. The van der Waals surface area contributed by atoms with Crippen molar-refractivity contribution in [1.82, 2.24) is 20.5 Å². The summed E-state index contributed by atoms with van der Waals surface area (Å²) in [5, 5.41) is 15.8. The molecule has 12 heteroatoms. The molecule has 1 aromatic heterocycles. The van der Waals surface area contributed by atoms with Gasteiger partial charge in [0.05, 0.1) is 6.04 Å². The van der Waals surface area contributed by atoms with Gasteiger partial charge >= 0.3 is 5.97 Å². The van der Waals surface area contributed by atoms with Gasteiger partial charge in [-0.2, -0.15) is 24.4 Å². The molecule has 4 unspecified atom stereocenters. The lowest BCUT2D eigenvalue weighted by molar-refractivity contribution is -0.149. The van der Waals surface area contributed by atoms with Crippen LogP contribution in [0.3, 0.4) is 0 Å². The van der Waals surface area contributed by atoms with E-state index in [1.807, 2.05) is 36.7 Å². The second kappa shape index (κ2) is 13.0. The fourth-order valence-corrected chi connectivity index (χ4v) is 5.08. The number of hydrogen-bond acceptors (Lipinski definition) is 7. The number of fused-ring (bicyclic) bond motifs is 1. The molecule has 0 spiro atoms. The summed E-state index contributed by atoms with van der Waals surface area (Å²) in [6.45, 7) is 0.330. The van der Waals surface area contributed by atoms with Crippen molar-refractivity contribution in [2.75, 3.05) is 24.3 Å². The molecular formula is C24H33N5O5S2. The van der Waals surface area contributed by atoms with Crippen LogP contribution in [0.15, 0.2) is 30.5 Å². The fourth-order valence-electron chi connectivity index (χ4n) is 4.36. The molecule has 3 rings (SSSR count). The minimum absolute atomic E-state index is 0.00226. The van der Waals surface area contributed by atoms with Crippen LogP contribution in [0.5, 0.6) is 0 Å².